The van der Waals surface area contributed by atoms with E-state index in [1.807, 2.05) is 19.1 Å². The van der Waals surface area contributed by atoms with Crippen LogP contribution >= 0.6 is 11.6 Å². The van der Waals surface area contributed by atoms with Crippen molar-refractivity contribution in [3.05, 3.63) is 47.5 Å². The largest absolute Gasteiger partial charge is 0.495 e. The number of nitrogens with zero attached hydrogens (tertiary/aromatic N) is 1. The van der Waals surface area contributed by atoms with E-state index in [0.29, 0.717) is 36.6 Å². The summed E-state index contributed by atoms with van der Waals surface area (Å²) < 4.78 is 37.9. The second-order valence-corrected chi connectivity index (χ2v) is 9.24. The van der Waals surface area contributed by atoms with Crippen LogP contribution in [0.3, 0.4) is 0 Å². The van der Waals surface area contributed by atoms with Crippen molar-refractivity contribution < 1.29 is 22.7 Å². The number of benzene rings is 2. The second-order valence-electron chi connectivity index (χ2n) is 6.89. The van der Waals surface area contributed by atoms with E-state index in [9.17, 15) is 13.2 Å². The fourth-order valence-electron chi connectivity index (χ4n) is 3.40. The van der Waals surface area contributed by atoms with Gasteiger partial charge >= 0.3 is 0 Å². The summed E-state index contributed by atoms with van der Waals surface area (Å²) in [7, 11) is -2.22. The number of para-hydroxylation sites is 2. The molecule has 0 spiro atoms. The number of methoxy groups -OCH3 is 1. The molecule has 1 amide bonds. The predicted molar refractivity (Wildman–Crippen MR) is 116 cm³/mol. The lowest BCUT2D eigenvalue weighted by molar-refractivity contribution is -0.120. The van der Waals surface area contributed by atoms with Crippen LogP contribution in [0.4, 0.5) is 5.69 Å². The zero-order valence-electron chi connectivity index (χ0n) is 16.9. The maximum Gasteiger partial charge on any atom is 0.243 e. The van der Waals surface area contributed by atoms with Gasteiger partial charge in [0.2, 0.25) is 15.9 Å². The van der Waals surface area contributed by atoms with Crippen LogP contribution in [0.1, 0.15) is 19.8 Å². The highest BCUT2D eigenvalue weighted by atomic mass is 35.5. The van der Waals surface area contributed by atoms with Gasteiger partial charge < -0.3 is 14.8 Å². The SMILES string of the molecule is CCOc1ccccc1NC(=O)C1CCN(S(=O)(=O)c2ccc(OC)c(Cl)c2)CC1. The highest BCUT2D eigenvalue weighted by molar-refractivity contribution is 7.89. The number of rotatable bonds is 7. The van der Waals surface area contributed by atoms with Gasteiger partial charge in [0.1, 0.15) is 11.5 Å². The molecule has 1 N–H and O–H groups in total. The molecule has 1 fully saturated rings. The lowest BCUT2D eigenvalue weighted by Crippen LogP contribution is -2.41. The van der Waals surface area contributed by atoms with Gasteiger partial charge in [-0.05, 0) is 50.1 Å². The molecule has 30 heavy (non-hydrogen) atoms. The molecular weight excluding hydrogens is 428 g/mol. The van der Waals surface area contributed by atoms with Gasteiger partial charge in [0.15, 0.2) is 0 Å². The molecule has 2 aromatic rings. The highest BCUT2D eigenvalue weighted by Gasteiger charge is 2.32. The van der Waals surface area contributed by atoms with Crippen LogP contribution in [-0.2, 0) is 14.8 Å². The molecule has 2 aromatic carbocycles. The summed E-state index contributed by atoms with van der Waals surface area (Å²) in [5.74, 6) is 0.625. The molecule has 0 bridgehead atoms. The molecule has 1 saturated heterocycles. The third-order valence-corrected chi connectivity index (χ3v) is 7.22. The molecule has 1 aliphatic heterocycles. The first-order valence-corrected chi connectivity index (χ1v) is 11.5. The van der Waals surface area contributed by atoms with E-state index in [1.54, 1.807) is 12.1 Å². The van der Waals surface area contributed by atoms with Gasteiger partial charge in [-0.25, -0.2) is 8.42 Å². The van der Waals surface area contributed by atoms with Crippen molar-refractivity contribution in [3.8, 4) is 11.5 Å². The summed E-state index contributed by atoms with van der Waals surface area (Å²) in [4.78, 5) is 12.8. The molecule has 0 unspecified atom stereocenters. The van der Waals surface area contributed by atoms with Crippen LogP contribution in [0.15, 0.2) is 47.4 Å². The minimum atomic E-state index is -3.69. The van der Waals surface area contributed by atoms with Crippen LogP contribution in [0.2, 0.25) is 5.02 Å². The fraction of sp³-hybridized carbons (Fsp3) is 0.381. The maximum atomic E-state index is 12.9. The molecule has 1 heterocycles. The number of halogens is 1. The Hall–Kier alpha value is -2.29. The molecule has 0 atom stereocenters. The third kappa shape index (κ3) is 4.88. The maximum absolute atomic E-state index is 12.9. The van der Waals surface area contributed by atoms with Gasteiger partial charge in [0, 0.05) is 19.0 Å². The predicted octanol–water partition coefficient (Wildman–Crippen LogP) is 3.79. The number of hydrogen-bond donors (Lipinski definition) is 1. The summed E-state index contributed by atoms with van der Waals surface area (Å²) in [6.07, 6.45) is 0.873. The van der Waals surface area contributed by atoms with E-state index in [1.165, 1.54) is 29.6 Å². The number of ether oxygens (including phenoxy) is 2. The number of hydrogen-bond acceptors (Lipinski definition) is 5. The molecule has 162 valence electrons. The summed E-state index contributed by atoms with van der Waals surface area (Å²) in [6.45, 7) is 2.90. The Labute approximate surface area is 182 Å². The van der Waals surface area contributed by atoms with Crippen molar-refractivity contribution in [1.82, 2.24) is 4.31 Å². The quantitative estimate of drug-likeness (QED) is 0.690. The van der Waals surface area contributed by atoms with Crippen molar-refractivity contribution in [2.75, 3.05) is 32.1 Å². The minimum absolute atomic E-state index is 0.113. The molecule has 0 aromatic heterocycles. The number of amides is 1. The summed E-state index contributed by atoms with van der Waals surface area (Å²) in [6, 6.07) is 11.7. The first-order chi connectivity index (χ1) is 14.4. The van der Waals surface area contributed by atoms with E-state index < -0.39 is 10.0 Å². The molecule has 9 heteroatoms. The Morgan fingerprint density at radius 2 is 1.87 bits per heavy atom. The highest BCUT2D eigenvalue weighted by Crippen LogP contribution is 2.31. The van der Waals surface area contributed by atoms with E-state index >= 15 is 0 Å². The van der Waals surface area contributed by atoms with Crippen LogP contribution in [0, 0.1) is 5.92 Å². The van der Waals surface area contributed by atoms with Crippen LogP contribution in [-0.4, -0.2) is 45.4 Å². The van der Waals surface area contributed by atoms with Gasteiger partial charge in [0.05, 0.1) is 29.3 Å². The van der Waals surface area contributed by atoms with Gasteiger partial charge in [0.25, 0.3) is 0 Å². The van der Waals surface area contributed by atoms with Crippen LogP contribution in [0.25, 0.3) is 0 Å². The zero-order valence-corrected chi connectivity index (χ0v) is 18.5. The second kappa shape index (κ2) is 9.68. The van der Waals surface area contributed by atoms with Crippen molar-refractivity contribution >= 4 is 33.2 Å². The third-order valence-electron chi connectivity index (χ3n) is 5.03. The zero-order chi connectivity index (χ0) is 21.7. The van der Waals surface area contributed by atoms with E-state index in [-0.39, 0.29) is 34.8 Å². The van der Waals surface area contributed by atoms with Gasteiger partial charge in [-0.3, -0.25) is 4.79 Å². The Balaban J connectivity index is 1.64. The van der Waals surface area contributed by atoms with Gasteiger partial charge in [-0.2, -0.15) is 4.31 Å². The number of anilines is 1. The Bertz CT molecular complexity index is 1000. The van der Waals surface area contributed by atoms with Crippen molar-refractivity contribution in [1.29, 1.82) is 0 Å². The monoisotopic (exact) mass is 452 g/mol. The number of nitrogens with one attached hydrogen (secondary N) is 1. The Morgan fingerprint density at radius 1 is 1.17 bits per heavy atom. The fourth-order valence-corrected chi connectivity index (χ4v) is 5.22. The van der Waals surface area contributed by atoms with Crippen molar-refractivity contribution in [3.63, 3.8) is 0 Å². The molecule has 3 rings (SSSR count). The van der Waals surface area contributed by atoms with Gasteiger partial charge in [-0.1, -0.05) is 23.7 Å². The standard InChI is InChI=1S/C21H25ClN2O5S/c1-3-29-20-7-5-4-6-18(20)23-21(25)15-10-12-24(13-11-15)30(26,27)16-8-9-19(28-2)17(22)14-16/h4-9,14-15H,3,10-13H2,1-2H3,(H,23,25). The first-order valence-electron chi connectivity index (χ1n) is 9.73. The van der Waals surface area contributed by atoms with Crippen molar-refractivity contribution in [2.24, 2.45) is 5.92 Å². The summed E-state index contributed by atoms with van der Waals surface area (Å²) >= 11 is 6.08. The number of carbonyl (C=O) groups excluding carboxylic acids is 1. The minimum Gasteiger partial charge on any atom is -0.495 e. The summed E-state index contributed by atoms with van der Waals surface area (Å²) in [5.41, 5.74) is 0.618. The van der Waals surface area contributed by atoms with E-state index in [0.717, 1.165) is 0 Å². The van der Waals surface area contributed by atoms with Gasteiger partial charge in [-0.15, -0.1) is 0 Å². The molecule has 0 saturated carbocycles. The molecule has 1 aliphatic rings. The number of piperidine rings is 1. The average Bonchev–Trinajstić information content (AvgIpc) is 2.75. The van der Waals surface area contributed by atoms with E-state index in [2.05, 4.69) is 5.32 Å². The number of carbonyl (C=O) groups is 1. The smallest absolute Gasteiger partial charge is 0.243 e. The van der Waals surface area contributed by atoms with Crippen LogP contribution in [0.5, 0.6) is 11.5 Å². The average molecular weight is 453 g/mol. The van der Waals surface area contributed by atoms with Crippen molar-refractivity contribution in [2.45, 2.75) is 24.7 Å². The molecular formula is C21H25ClN2O5S. The first kappa shape index (κ1) is 22.4. The topological polar surface area (TPSA) is 84.9 Å². The lowest BCUT2D eigenvalue weighted by atomic mass is 9.97. The number of sulfonamides is 1. The lowest BCUT2D eigenvalue weighted by Gasteiger charge is -2.30. The molecule has 7 nitrogen and oxygen atoms in total. The Morgan fingerprint density at radius 3 is 2.50 bits per heavy atom. The Kier molecular flexibility index (Phi) is 7.23. The molecule has 0 radical (unpaired) electrons. The normalized spacial score (nSPS) is 15.6. The van der Waals surface area contributed by atoms with Crippen LogP contribution < -0.4 is 14.8 Å². The van der Waals surface area contributed by atoms with E-state index in [4.69, 9.17) is 21.1 Å². The summed E-state index contributed by atoms with van der Waals surface area (Å²) in [5, 5.41) is 3.14. The molecule has 0 aliphatic carbocycles.